The number of aromatic nitrogens is 1. The summed E-state index contributed by atoms with van der Waals surface area (Å²) >= 11 is 0. The van der Waals surface area contributed by atoms with Crippen molar-refractivity contribution in [2.75, 3.05) is 0 Å². The van der Waals surface area contributed by atoms with Crippen molar-refractivity contribution in [1.82, 2.24) is 4.98 Å². The number of allylic oxidation sites excluding steroid dienone is 2. The summed E-state index contributed by atoms with van der Waals surface area (Å²) in [6, 6.07) is 7.50. The van der Waals surface area contributed by atoms with Gasteiger partial charge in [-0.3, -0.25) is 4.79 Å². The Morgan fingerprint density at radius 1 is 1.12 bits per heavy atom. The molecule has 0 radical (unpaired) electrons. The summed E-state index contributed by atoms with van der Waals surface area (Å²) in [6.07, 6.45) is 7.71. The highest BCUT2D eigenvalue weighted by Crippen LogP contribution is 2.45. The Hall–Kier alpha value is -2.16. The lowest BCUT2D eigenvalue weighted by atomic mass is 9.71. The van der Waals surface area contributed by atoms with Gasteiger partial charge in [-0.25, -0.2) is 4.39 Å². The van der Waals surface area contributed by atoms with Gasteiger partial charge in [-0.05, 0) is 53.4 Å². The van der Waals surface area contributed by atoms with Gasteiger partial charge in [-0.1, -0.05) is 58.9 Å². The predicted octanol–water partition coefficient (Wildman–Crippen LogP) is 6.36. The number of H-pyrrole nitrogens is 1. The maximum Gasteiger partial charge on any atom is 0.248 e. The van der Waals surface area contributed by atoms with Gasteiger partial charge in [0.05, 0.1) is 0 Å². The number of nitrogens with one attached hydrogen (secondary N) is 1. The van der Waals surface area contributed by atoms with Gasteiger partial charge in [0.2, 0.25) is 5.56 Å². The minimum Gasteiger partial charge on any atom is -0.326 e. The van der Waals surface area contributed by atoms with E-state index >= 15 is 0 Å². The van der Waals surface area contributed by atoms with Crippen LogP contribution >= 0.6 is 0 Å². The fourth-order valence-corrected chi connectivity index (χ4v) is 3.61. The number of halogens is 1. The lowest BCUT2D eigenvalue weighted by Crippen LogP contribution is -2.18. The Morgan fingerprint density at radius 3 is 2.50 bits per heavy atom. The maximum absolute atomic E-state index is 14.4. The van der Waals surface area contributed by atoms with Crippen molar-refractivity contribution in [2.24, 2.45) is 5.41 Å². The Labute approximate surface area is 156 Å². The van der Waals surface area contributed by atoms with Crippen LogP contribution in [0.25, 0.3) is 16.7 Å². The van der Waals surface area contributed by atoms with Crippen LogP contribution < -0.4 is 5.56 Å². The van der Waals surface area contributed by atoms with Crippen molar-refractivity contribution in [2.45, 2.75) is 60.3 Å². The third kappa shape index (κ3) is 4.14. The molecule has 0 saturated heterocycles. The standard InChI is InChI=1S/C21H24FNO.C2H6/c1-4-14-8-9-15(17-12-20(24)23-13-19(17)22)16(11-14)18-7-5-6-10-21(18,2)3;1-2/h7-9,11-13H,4-6,10H2,1-3H3,(H,23,24);1-2H3. The van der Waals surface area contributed by atoms with Gasteiger partial charge in [0.15, 0.2) is 0 Å². The van der Waals surface area contributed by atoms with E-state index in [2.05, 4.69) is 37.9 Å². The molecular weight excluding hydrogens is 325 g/mol. The second kappa shape index (κ2) is 8.48. The van der Waals surface area contributed by atoms with Gasteiger partial charge in [-0.15, -0.1) is 0 Å². The summed E-state index contributed by atoms with van der Waals surface area (Å²) in [5, 5.41) is 0. The fourth-order valence-electron chi connectivity index (χ4n) is 3.61. The molecule has 26 heavy (non-hydrogen) atoms. The van der Waals surface area contributed by atoms with E-state index in [1.807, 2.05) is 26.0 Å². The Kier molecular flexibility index (Phi) is 6.57. The first-order valence-electron chi connectivity index (χ1n) is 9.65. The van der Waals surface area contributed by atoms with Crippen LogP contribution in [-0.2, 0) is 6.42 Å². The first-order chi connectivity index (χ1) is 12.4. The molecule has 0 bridgehead atoms. The molecule has 1 aliphatic carbocycles. The minimum atomic E-state index is -0.394. The Morgan fingerprint density at radius 2 is 1.85 bits per heavy atom. The summed E-state index contributed by atoms with van der Waals surface area (Å²) < 4.78 is 14.4. The molecule has 0 spiro atoms. The number of hydrogen-bond donors (Lipinski definition) is 1. The van der Waals surface area contributed by atoms with E-state index in [0.717, 1.165) is 36.6 Å². The molecule has 1 heterocycles. The second-order valence-electron chi connectivity index (χ2n) is 7.19. The van der Waals surface area contributed by atoms with Crippen molar-refractivity contribution >= 4 is 5.57 Å². The number of benzene rings is 1. The van der Waals surface area contributed by atoms with Crippen LogP contribution in [0.3, 0.4) is 0 Å². The van der Waals surface area contributed by atoms with Crippen molar-refractivity contribution in [3.8, 4) is 11.1 Å². The van der Waals surface area contributed by atoms with Gasteiger partial charge in [0.25, 0.3) is 0 Å². The average Bonchev–Trinajstić information content (AvgIpc) is 2.64. The van der Waals surface area contributed by atoms with E-state index in [1.54, 1.807) is 0 Å². The molecule has 0 atom stereocenters. The normalized spacial score (nSPS) is 15.7. The predicted molar refractivity (Wildman–Crippen MR) is 109 cm³/mol. The van der Waals surface area contributed by atoms with Crippen LogP contribution in [0.15, 0.2) is 41.3 Å². The zero-order valence-corrected chi connectivity index (χ0v) is 16.6. The average molecular weight is 355 g/mol. The van der Waals surface area contributed by atoms with Crippen LogP contribution in [0.5, 0.6) is 0 Å². The molecule has 2 aromatic rings. The molecule has 2 nitrogen and oxygen atoms in total. The first kappa shape index (κ1) is 20.2. The largest absolute Gasteiger partial charge is 0.326 e. The quantitative estimate of drug-likeness (QED) is 0.682. The first-order valence-corrected chi connectivity index (χ1v) is 9.65. The van der Waals surface area contributed by atoms with E-state index < -0.39 is 5.82 Å². The molecule has 140 valence electrons. The molecule has 0 saturated carbocycles. The molecule has 3 heteroatoms. The third-order valence-corrected chi connectivity index (χ3v) is 5.03. The molecule has 0 unspecified atom stereocenters. The molecular formula is C23H30FNO. The van der Waals surface area contributed by atoms with Gasteiger partial charge in [-0.2, -0.15) is 0 Å². The van der Waals surface area contributed by atoms with Crippen LogP contribution in [0, 0.1) is 11.2 Å². The zero-order chi connectivity index (χ0) is 19.3. The van der Waals surface area contributed by atoms with E-state index in [4.69, 9.17) is 0 Å². The topological polar surface area (TPSA) is 32.9 Å². The lowest BCUT2D eigenvalue weighted by Gasteiger charge is -2.33. The van der Waals surface area contributed by atoms with E-state index in [0.29, 0.717) is 5.56 Å². The van der Waals surface area contributed by atoms with Crippen LogP contribution in [0.4, 0.5) is 4.39 Å². The SMILES string of the molecule is CC.CCc1ccc(-c2cc(=O)[nH]cc2F)c(C2=CCCCC2(C)C)c1. The summed E-state index contributed by atoms with van der Waals surface area (Å²) in [4.78, 5) is 14.1. The highest BCUT2D eigenvalue weighted by atomic mass is 19.1. The van der Waals surface area contributed by atoms with Gasteiger partial charge in [0, 0.05) is 17.8 Å². The van der Waals surface area contributed by atoms with Crippen LogP contribution in [0.2, 0.25) is 0 Å². The van der Waals surface area contributed by atoms with E-state index in [1.165, 1.54) is 23.6 Å². The molecule has 0 fully saturated rings. The van der Waals surface area contributed by atoms with E-state index in [9.17, 15) is 9.18 Å². The smallest absolute Gasteiger partial charge is 0.248 e. The van der Waals surface area contributed by atoms with Gasteiger partial charge >= 0.3 is 0 Å². The van der Waals surface area contributed by atoms with Crippen LogP contribution in [0.1, 0.15) is 65.0 Å². The second-order valence-corrected chi connectivity index (χ2v) is 7.19. The van der Waals surface area contributed by atoms with Crippen LogP contribution in [-0.4, -0.2) is 4.98 Å². The summed E-state index contributed by atoms with van der Waals surface area (Å²) in [7, 11) is 0. The molecule has 1 N–H and O–H groups in total. The summed E-state index contributed by atoms with van der Waals surface area (Å²) in [6.45, 7) is 10.6. The highest BCUT2D eigenvalue weighted by Gasteiger charge is 2.29. The number of rotatable bonds is 3. The Balaban J connectivity index is 0.00000117. The maximum atomic E-state index is 14.4. The highest BCUT2D eigenvalue weighted by molar-refractivity contribution is 5.84. The summed E-state index contributed by atoms with van der Waals surface area (Å²) in [5.74, 6) is -0.394. The fraction of sp³-hybridized carbons (Fsp3) is 0.435. The number of aryl methyl sites for hydroxylation is 1. The van der Waals surface area contributed by atoms with Crippen molar-refractivity contribution in [3.05, 3.63) is 63.8 Å². The molecule has 1 aromatic carbocycles. The Bertz CT molecular complexity index is 846. The number of hydrogen-bond acceptors (Lipinski definition) is 1. The minimum absolute atomic E-state index is 0.0526. The van der Waals surface area contributed by atoms with Gasteiger partial charge in [0.1, 0.15) is 5.82 Å². The molecule has 1 aliphatic rings. The van der Waals surface area contributed by atoms with Crippen molar-refractivity contribution in [3.63, 3.8) is 0 Å². The monoisotopic (exact) mass is 355 g/mol. The van der Waals surface area contributed by atoms with Crippen molar-refractivity contribution in [1.29, 1.82) is 0 Å². The van der Waals surface area contributed by atoms with E-state index in [-0.39, 0.29) is 11.0 Å². The third-order valence-electron chi connectivity index (χ3n) is 5.03. The molecule has 3 rings (SSSR count). The zero-order valence-electron chi connectivity index (χ0n) is 16.6. The molecule has 0 amide bonds. The number of aromatic amines is 1. The number of pyridine rings is 1. The summed E-state index contributed by atoms with van der Waals surface area (Å²) in [5.41, 5.74) is 4.49. The molecule has 1 aromatic heterocycles. The van der Waals surface area contributed by atoms with Gasteiger partial charge < -0.3 is 4.98 Å². The molecule has 0 aliphatic heterocycles. The lowest BCUT2D eigenvalue weighted by molar-refractivity contribution is 0.425. The van der Waals surface area contributed by atoms with Crippen molar-refractivity contribution < 1.29 is 4.39 Å².